The number of nitrogens with zero attached hydrogens (tertiary/aromatic N) is 3. The SMILES string of the molecule is CC(=O)N(c1nc(/C=C(/C#N)C(=O)c2c(C)[nH]c3ccccc23)cs1)c1ccccc1F. The van der Waals surface area contributed by atoms with Crippen molar-refractivity contribution in [2.24, 2.45) is 0 Å². The first-order chi connectivity index (χ1) is 15.4. The molecule has 0 atom stereocenters. The first kappa shape index (κ1) is 21.2. The molecular formula is C24H17FN4O2S. The van der Waals surface area contributed by atoms with Gasteiger partial charge in [0.25, 0.3) is 0 Å². The molecule has 1 N–H and O–H groups in total. The number of aromatic amines is 1. The van der Waals surface area contributed by atoms with Gasteiger partial charge in [0.1, 0.15) is 17.5 Å². The second-order valence-electron chi connectivity index (χ2n) is 7.03. The summed E-state index contributed by atoms with van der Waals surface area (Å²) in [5.74, 6) is -1.39. The maximum absolute atomic E-state index is 14.3. The number of hydrogen-bond donors (Lipinski definition) is 1. The molecule has 8 heteroatoms. The number of benzene rings is 2. The van der Waals surface area contributed by atoms with E-state index >= 15 is 0 Å². The fraction of sp³-hybridized carbons (Fsp3) is 0.0833. The number of ketones is 1. The standard InChI is InChI=1S/C24H17FN4O2S/c1-14-22(18-7-3-5-9-20(18)27-14)23(31)16(12-26)11-17-13-32-24(28-17)29(15(2)30)21-10-6-4-8-19(21)25/h3-11,13,27H,1-2H3/b16-11-. The van der Waals surface area contributed by atoms with Gasteiger partial charge in [0.2, 0.25) is 11.7 Å². The summed E-state index contributed by atoms with van der Waals surface area (Å²) in [6, 6.07) is 15.2. The Balaban J connectivity index is 1.71. The van der Waals surface area contributed by atoms with Crippen molar-refractivity contribution in [1.82, 2.24) is 9.97 Å². The summed E-state index contributed by atoms with van der Waals surface area (Å²) < 4.78 is 14.3. The van der Waals surface area contributed by atoms with Crippen LogP contribution in [0, 0.1) is 24.1 Å². The maximum atomic E-state index is 14.3. The topological polar surface area (TPSA) is 89.8 Å². The maximum Gasteiger partial charge on any atom is 0.230 e. The van der Waals surface area contributed by atoms with Crippen LogP contribution < -0.4 is 4.90 Å². The molecule has 4 rings (SSSR count). The molecule has 158 valence electrons. The van der Waals surface area contributed by atoms with Crippen LogP contribution in [0.1, 0.15) is 28.7 Å². The van der Waals surface area contributed by atoms with Gasteiger partial charge in [0.15, 0.2) is 5.13 Å². The number of carbonyl (C=O) groups is 2. The predicted molar refractivity (Wildman–Crippen MR) is 122 cm³/mol. The Morgan fingerprint density at radius 1 is 1.19 bits per heavy atom. The van der Waals surface area contributed by atoms with E-state index < -0.39 is 17.5 Å². The number of fused-ring (bicyclic) bond motifs is 1. The summed E-state index contributed by atoms with van der Waals surface area (Å²) in [4.78, 5) is 34.0. The highest BCUT2D eigenvalue weighted by Crippen LogP contribution is 2.32. The molecule has 0 aliphatic heterocycles. The van der Waals surface area contributed by atoms with Gasteiger partial charge in [-0.2, -0.15) is 5.26 Å². The zero-order valence-corrected chi connectivity index (χ0v) is 18.0. The Morgan fingerprint density at radius 2 is 1.91 bits per heavy atom. The summed E-state index contributed by atoms with van der Waals surface area (Å²) >= 11 is 1.11. The van der Waals surface area contributed by atoms with E-state index in [1.807, 2.05) is 30.3 Å². The molecule has 0 saturated heterocycles. The number of para-hydroxylation sites is 2. The zero-order chi connectivity index (χ0) is 22.8. The molecule has 0 saturated carbocycles. The number of aryl methyl sites for hydroxylation is 1. The number of hydrogen-bond acceptors (Lipinski definition) is 5. The number of carbonyl (C=O) groups excluding carboxylic acids is 2. The molecule has 2 heterocycles. The van der Waals surface area contributed by atoms with E-state index in [9.17, 15) is 19.2 Å². The molecule has 0 bridgehead atoms. The van der Waals surface area contributed by atoms with Crippen LogP contribution >= 0.6 is 11.3 Å². The van der Waals surface area contributed by atoms with E-state index in [1.54, 1.807) is 18.4 Å². The Kier molecular flexibility index (Phi) is 5.67. The summed E-state index contributed by atoms with van der Waals surface area (Å²) in [6.45, 7) is 3.09. The minimum absolute atomic E-state index is 0.0795. The summed E-state index contributed by atoms with van der Waals surface area (Å²) in [5, 5.41) is 12.2. The fourth-order valence-corrected chi connectivity index (χ4v) is 4.32. The predicted octanol–water partition coefficient (Wildman–Crippen LogP) is 5.55. The average Bonchev–Trinajstić information content (AvgIpc) is 3.36. The Labute approximate surface area is 187 Å². The van der Waals surface area contributed by atoms with Crippen LogP contribution in [0.5, 0.6) is 0 Å². The number of anilines is 2. The number of thiazole rings is 1. The van der Waals surface area contributed by atoms with Crippen molar-refractivity contribution in [2.75, 3.05) is 4.90 Å². The van der Waals surface area contributed by atoms with Crippen LogP contribution in [-0.2, 0) is 4.79 Å². The van der Waals surface area contributed by atoms with Crippen molar-refractivity contribution in [3.8, 4) is 6.07 Å². The summed E-state index contributed by atoms with van der Waals surface area (Å²) in [6.07, 6.45) is 1.38. The molecule has 0 fully saturated rings. The molecule has 0 spiro atoms. The highest BCUT2D eigenvalue weighted by atomic mass is 32.1. The number of Topliss-reactive ketones (excluding diaryl/α,β-unsaturated/α-hetero) is 1. The normalized spacial score (nSPS) is 11.4. The number of H-pyrrole nitrogens is 1. The van der Waals surface area contributed by atoms with Gasteiger partial charge in [-0.1, -0.05) is 30.3 Å². The lowest BCUT2D eigenvalue weighted by atomic mass is 10.0. The van der Waals surface area contributed by atoms with Crippen molar-refractivity contribution >= 4 is 50.8 Å². The number of rotatable bonds is 5. The third-order valence-electron chi connectivity index (χ3n) is 4.89. The van der Waals surface area contributed by atoms with Gasteiger partial charge in [0, 0.05) is 28.9 Å². The van der Waals surface area contributed by atoms with Crippen molar-refractivity contribution < 1.29 is 14.0 Å². The van der Waals surface area contributed by atoms with Gasteiger partial charge in [0.05, 0.1) is 16.9 Å². The highest BCUT2D eigenvalue weighted by Gasteiger charge is 2.22. The van der Waals surface area contributed by atoms with Crippen molar-refractivity contribution in [2.45, 2.75) is 13.8 Å². The molecule has 2 aromatic carbocycles. The highest BCUT2D eigenvalue weighted by molar-refractivity contribution is 7.14. The Morgan fingerprint density at radius 3 is 2.62 bits per heavy atom. The first-order valence-electron chi connectivity index (χ1n) is 9.65. The van der Waals surface area contributed by atoms with Crippen LogP contribution in [0.3, 0.4) is 0 Å². The van der Waals surface area contributed by atoms with Crippen LogP contribution in [0.25, 0.3) is 17.0 Å². The van der Waals surface area contributed by atoms with Gasteiger partial charge in [-0.05, 0) is 31.2 Å². The molecule has 0 radical (unpaired) electrons. The van der Waals surface area contributed by atoms with Crippen LogP contribution in [-0.4, -0.2) is 21.7 Å². The molecule has 2 aromatic heterocycles. The number of nitriles is 1. The zero-order valence-electron chi connectivity index (χ0n) is 17.2. The van der Waals surface area contributed by atoms with Gasteiger partial charge in [-0.3, -0.25) is 14.5 Å². The number of allylic oxidation sites excluding steroid dienone is 1. The molecular weight excluding hydrogens is 427 g/mol. The minimum Gasteiger partial charge on any atom is -0.358 e. The number of nitrogens with one attached hydrogen (secondary N) is 1. The molecule has 6 nitrogen and oxygen atoms in total. The Hall–Kier alpha value is -4.09. The van der Waals surface area contributed by atoms with Gasteiger partial charge >= 0.3 is 0 Å². The molecule has 0 aliphatic rings. The van der Waals surface area contributed by atoms with Gasteiger partial charge in [-0.25, -0.2) is 9.37 Å². The first-order valence-corrected chi connectivity index (χ1v) is 10.5. The lowest BCUT2D eigenvalue weighted by Crippen LogP contribution is -2.23. The second kappa shape index (κ2) is 8.57. The monoisotopic (exact) mass is 444 g/mol. The van der Waals surface area contributed by atoms with Crippen LogP contribution in [0.15, 0.2) is 59.5 Å². The van der Waals surface area contributed by atoms with E-state index in [2.05, 4.69) is 9.97 Å². The minimum atomic E-state index is -0.558. The fourth-order valence-electron chi connectivity index (χ4n) is 3.49. The Bertz CT molecular complexity index is 1430. The lowest BCUT2D eigenvalue weighted by molar-refractivity contribution is -0.115. The summed E-state index contributed by atoms with van der Waals surface area (Å²) in [7, 11) is 0. The molecule has 4 aromatic rings. The third-order valence-corrected chi connectivity index (χ3v) is 5.73. The second-order valence-corrected chi connectivity index (χ2v) is 7.87. The van der Waals surface area contributed by atoms with E-state index in [-0.39, 0.29) is 16.4 Å². The van der Waals surface area contributed by atoms with E-state index in [1.165, 1.54) is 31.2 Å². The summed E-state index contributed by atoms with van der Waals surface area (Å²) in [5.41, 5.74) is 2.23. The van der Waals surface area contributed by atoms with Crippen molar-refractivity contribution in [1.29, 1.82) is 5.26 Å². The lowest BCUT2D eigenvalue weighted by Gasteiger charge is -2.18. The van der Waals surface area contributed by atoms with Crippen LogP contribution in [0.2, 0.25) is 0 Å². The van der Waals surface area contributed by atoms with E-state index in [4.69, 9.17) is 0 Å². The molecule has 32 heavy (non-hydrogen) atoms. The van der Waals surface area contributed by atoms with Crippen molar-refractivity contribution in [3.05, 3.63) is 82.3 Å². The van der Waals surface area contributed by atoms with E-state index in [0.29, 0.717) is 17.0 Å². The number of amides is 1. The van der Waals surface area contributed by atoms with Crippen LogP contribution in [0.4, 0.5) is 15.2 Å². The average molecular weight is 444 g/mol. The third kappa shape index (κ3) is 3.82. The molecule has 1 amide bonds. The number of halogens is 1. The molecule has 0 unspecified atom stereocenters. The largest absolute Gasteiger partial charge is 0.358 e. The van der Waals surface area contributed by atoms with E-state index in [0.717, 1.165) is 27.1 Å². The van der Waals surface area contributed by atoms with Crippen molar-refractivity contribution in [3.63, 3.8) is 0 Å². The molecule has 0 aliphatic carbocycles. The smallest absolute Gasteiger partial charge is 0.230 e. The quantitative estimate of drug-likeness (QED) is 0.248. The number of aromatic nitrogens is 2. The van der Waals surface area contributed by atoms with Gasteiger partial charge in [-0.15, -0.1) is 11.3 Å². The van der Waals surface area contributed by atoms with Gasteiger partial charge < -0.3 is 4.98 Å².